The Labute approximate surface area is 57.5 Å². The predicted molar refractivity (Wildman–Crippen MR) is 39.4 cm³/mol. The fourth-order valence-electron chi connectivity index (χ4n) is 0.626. The van der Waals surface area contributed by atoms with Crippen molar-refractivity contribution in [2.45, 2.75) is 40.0 Å². The van der Waals surface area contributed by atoms with Gasteiger partial charge >= 0.3 is 0 Å². The van der Waals surface area contributed by atoms with Crippen molar-refractivity contribution < 1.29 is 4.79 Å². The van der Waals surface area contributed by atoms with Crippen molar-refractivity contribution in [3.05, 3.63) is 0 Å². The van der Waals surface area contributed by atoms with Gasteiger partial charge in [0, 0.05) is 12.8 Å². The summed E-state index contributed by atoms with van der Waals surface area (Å²) in [6.45, 7) is 6.20. The first kappa shape index (κ1) is 8.67. The van der Waals surface area contributed by atoms with E-state index in [1.807, 2.05) is 6.92 Å². The molecular formula is C8H16O. The molecule has 0 aromatic carbocycles. The number of ketones is 1. The lowest BCUT2D eigenvalue weighted by Gasteiger charge is -2.00. The summed E-state index contributed by atoms with van der Waals surface area (Å²) in [5.41, 5.74) is 0. The Balaban J connectivity index is 3.17. The van der Waals surface area contributed by atoms with Crippen LogP contribution in [-0.4, -0.2) is 5.78 Å². The highest BCUT2D eigenvalue weighted by Crippen LogP contribution is 2.04. The molecule has 0 rings (SSSR count). The van der Waals surface area contributed by atoms with Crippen LogP contribution in [0, 0.1) is 5.92 Å². The molecule has 0 N–H and O–H groups in total. The van der Waals surface area contributed by atoms with Crippen LogP contribution in [0.4, 0.5) is 0 Å². The summed E-state index contributed by atoms with van der Waals surface area (Å²) in [6.07, 6.45) is 2.52. The second-order valence-corrected chi connectivity index (χ2v) is 2.82. The topological polar surface area (TPSA) is 17.1 Å². The first-order valence-corrected chi connectivity index (χ1v) is 3.68. The molecule has 0 aliphatic carbocycles. The molecule has 0 saturated heterocycles. The summed E-state index contributed by atoms with van der Waals surface area (Å²) in [5, 5.41) is 0. The fraction of sp³-hybridized carbons (Fsp3) is 0.875. The van der Waals surface area contributed by atoms with Gasteiger partial charge in [0.15, 0.2) is 0 Å². The normalized spacial score (nSPS) is 10.2. The lowest BCUT2D eigenvalue weighted by atomic mass is 10.1. The van der Waals surface area contributed by atoms with Crippen LogP contribution in [0.3, 0.4) is 0 Å². The van der Waals surface area contributed by atoms with Gasteiger partial charge in [0.2, 0.25) is 0 Å². The molecule has 1 heteroatoms. The third-order valence-electron chi connectivity index (χ3n) is 1.39. The molecule has 0 atom stereocenters. The molecule has 9 heavy (non-hydrogen) atoms. The van der Waals surface area contributed by atoms with E-state index >= 15 is 0 Å². The molecular weight excluding hydrogens is 112 g/mol. The highest BCUT2D eigenvalue weighted by molar-refractivity contribution is 5.77. The minimum Gasteiger partial charge on any atom is -0.300 e. The Bertz CT molecular complexity index is 84.6. The third-order valence-corrected chi connectivity index (χ3v) is 1.39. The maximum atomic E-state index is 10.7. The first-order chi connectivity index (χ1) is 4.16. The maximum Gasteiger partial charge on any atom is 0.132 e. The van der Waals surface area contributed by atoms with E-state index in [0.29, 0.717) is 18.1 Å². The van der Waals surface area contributed by atoms with Crippen LogP contribution in [0.25, 0.3) is 0 Å². The lowest BCUT2D eigenvalue weighted by Crippen LogP contribution is -1.97. The zero-order valence-electron chi connectivity index (χ0n) is 6.61. The Hall–Kier alpha value is -0.330. The highest BCUT2D eigenvalue weighted by atomic mass is 16.1. The monoisotopic (exact) mass is 128 g/mol. The molecule has 0 fully saturated rings. The molecule has 0 aliphatic rings. The van der Waals surface area contributed by atoms with E-state index in [1.54, 1.807) is 0 Å². The Morgan fingerprint density at radius 2 is 2.00 bits per heavy atom. The number of carbonyl (C=O) groups is 1. The number of Topliss-reactive ketones (excluding diaryl/α,β-unsaturated/α-hetero) is 1. The molecule has 0 unspecified atom stereocenters. The van der Waals surface area contributed by atoms with Crippen molar-refractivity contribution >= 4 is 5.78 Å². The van der Waals surface area contributed by atoms with Gasteiger partial charge < -0.3 is 0 Å². The van der Waals surface area contributed by atoms with Crippen LogP contribution in [-0.2, 0) is 4.79 Å². The van der Waals surface area contributed by atoms with Crippen molar-refractivity contribution in [3.8, 4) is 0 Å². The smallest absolute Gasteiger partial charge is 0.132 e. The van der Waals surface area contributed by atoms with E-state index in [-0.39, 0.29) is 0 Å². The van der Waals surface area contributed by atoms with Crippen LogP contribution in [0.1, 0.15) is 40.0 Å². The molecule has 0 amide bonds. The second kappa shape index (κ2) is 4.54. The van der Waals surface area contributed by atoms with E-state index in [4.69, 9.17) is 0 Å². The standard InChI is InChI=1S/C8H16O/c1-4-8(9)6-5-7(2)3/h7H,4-6H2,1-3H3. The maximum absolute atomic E-state index is 10.7. The van der Waals surface area contributed by atoms with Crippen LogP contribution >= 0.6 is 0 Å². The molecule has 0 bridgehead atoms. The quantitative estimate of drug-likeness (QED) is 0.568. The van der Waals surface area contributed by atoms with Gasteiger partial charge in [-0.2, -0.15) is 0 Å². The van der Waals surface area contributed by atoms with Gasteiger partial charge in [0.25, 0.3) is 0 Å². The number of rotatable bonds is 4. The molecule has 0 aromatic rings. The van der Waals surface area contributed by atoms with Crippen molar-refractivity contribution in [1.29, 1.82) is 0 Å². The molecule has 1 nitrogen and oxygen atoms in total. The van der Waals surface area contributed by atoms with Gasteiger partial charge in [0.1, 0.15) is 5.78 Å². The van der Waals surface area contributed by atoms with Crippen molar-refractivity contribution in [1.82, 2.24) is 0 Å². The Kier molecular flexibility index (Phi) is 4.37. The second-order valence-electron chi connectivity index (χ2n) is 2.82. The van der Waals surface area contributed by atoms with Gasteiger partial charge in [0.05, 0.1) is 0 Å². The molecule has 54 valence electrons. The van der Waals surface area contributed by atoms with Crippen molar-refractivity contribution in [2.24, 2.45) is 5.92 Å². The van der Waals surface area contributed by atoms with Crippen LogP contribution in [0.15, 0.2) is 0 Å². The van der Waals surface area contributed by atoms with Gasteiger partial charge in [-0.15, -0.1) is 0 Å². The minimum absolute atomic E-state index is 0.392. The summed E-state index contributed by atoms with van der Waals surface area (Å²) < 4.78 is 0. The number of hydrogen-bond donors (Lipinski definition) is 0. The van der Waals surface area contributed by atoms with Gasteiger partial charge in [-0.25, -0.2) is 0 Å². The van der Waals surface area contributed by atoms with E-state index in [1.165, 1.54) is 0 Å². The van der Waals surface area contributed by atoms with Crippen molar-refractivity contribution in [3.63, 3.8) is 0 Å². The summed E-state index contributed by atoms with van der Waals surface area (Å²) in [4.78, 5) is 10.7. The predicted octanol–water partition coefficient (Wildman–Crippen LogP) is 2.40. The highest BCUT2D eigenvalue weighted by Gasteiger charge is 1.99. The van der Waals surface area contributed by atoms with Crippen LogP contribution < -0.4 is 0 Å². The Morgan fingerprint density at radius 3 is 2.33 bits per heavy atom. The summed E-state index contributed by atoms with van der Waals surface area (Å²) in [7, 11) is 0. The average molecular weight is 128 g/mol. The van der Waals surface area contributed by atoms with E-state index in [2.05, 4.69) is 13.8 Å². The molecule has 0 aromatic heterocycles. The number of carbonyl (C=O) groups excluding carboxylic acids is 1. The zero-order chi connectivity index (χ0) is 7.28. The SMILES string of the molecule is CCC(=O)CCC(C)C. The average Bonchev–Trinajstić information content (AvgIpc) is 1.83. The number of hydrogen-bond acceptors (Lipinski definition) is 1. The summed E-state index contributed by atoms with van der Waals surface area (Å²) in [5.74, 6) is 1.06. The van der Waals surface area contributed by atoms with Gasteiger partial charge in [-0.1, -0.05) is 20.8 Å². The van der Waals surface area contributed by atoms with Crippen molar-refractivity contribution in [2.75, 3.05) is 0 Å². The third kappa shape index (κ3) is 5.54. The molecule has 0 heterocycles. The Morgan fingerprint density at radius 1 is 1.44 bits per heavy atom. The summed E-state index contributed by atoms with van der Waals surface area (Å²) in [6, 6.07) is 0. The fourth-order valence-corrected chi connectivity index (χ4v) is 0.626. The van der Waals surface area contributed by atoms with E-state index < -0.39 is 0 Å². The zero-order valence-corrected chi connectivity index (χ0v) is 6.61. The largest absolute Gasteiger partial charge is 0.300 e. The molecule has 0 spiro atoms. The van der Waals surface area contributed by atoms with Crippen LogP contribution in [0.2, 0.25) is 0 Å². The lowest BCUT2D eigenvalue weighted by molar-refractivity contribution is -0.119. The molecule has 0 saturated carbocycles. The van der Waals surface area contributed by atoms with Crippen LogP contribution in [0.5, 0.6) is 0 Å². The molecule has 0 aliphatic heterocycles. The van der Waals surface area contributed by atoms with E-state index in [9.17, 15) is 4.79 Å². The summed E-state index contributed by atoms with van der Waals surface area (Å²) >= 11 is 0. The first-order valence-electron chi connectivity index (χ1n) is 3.68. The van der Waals surface area contributed by atoms with Gasteiger partial charge in [-0.05, 0) is 12.3 Å². The van der Waals surface area contributed by atoms with E-state index in [0.717, 1.165) is 12.8 Å². The minimum atomic E-state index is 0.392. The van der Waals surface area contributed by atoms with Gasteiger partial charge in [-0.3, -0.25) is 4.79 Å². The molecule has 0 radical (unpaired) electrons.